The van der Waals surface area contributed by atoms with Gasteiger partial charge in [-0.05, 0) is 37.8 Å². The summed E-state index contributed by atoms with van der Waals surface area (Å²) in [5, 5.41) is 11.5. The minimum atomic E-state index is -0.469. The maximum absolute atomic E-state index is 12.4. The fourth-order valence-corrected chi connectivity index (χ4v) is 3.45. The van der Waals surface area contributed by atoms with Crippen LogP contribution in [0.3, 0.4) is 0 Å². The normalized spacial score (nSPS) is 19.3. The Bertz CT molecular complexity index is 620. The third-order valence-corrected chi connectivity index (χ3v) is 4.84. The van der Waals surface area contributed by atoms with Crippen molar-refractivity contribution in [3.63, 3.8) is 0 Å². The summed E-state index contributed by atoms with van der Waals surface area (Å²) in [6, 6.07) is 4.60. The molecule has 0 aromatic heterocycles. The van der Waals surface area contributed by atoms with Gasteiger partial charge in [-0.2, -0.15) is 0 Å². The maximum Gasteiger partial charge on any atom is 0.338 e. The van der Waals surface area contributed by atoms with Gasteiger partial charge >= 0.3 is 5.97 Å². The van der Waals surface area contributed by atoms with Crippen molar-refractivity contribution in [3.05, 3.63) is 33.9 Å². The number of nitrogens with zero attached hydrogens (tertiary/aromatic N) is 2. The van der Waals surface area contributed by atoms with E-state index >= 15 is 0 Å². The third-order valence-electron chi connectivity index (χ3n) is 4.84. The van der Waals surface area contributed by atoms with Gasteiger partial charge in [0, 0.05) is 19.2 Å². The Labute approximate surface area is 147 Å². The summed E-state index contributed by atoms with van der Waals surface area (Å²) in [6.45, 7) is 2.30. The summed E-state index contributed by atoms with van der Waals surface area (Å²) >= 11 is 0. The minimum absolute atomic E-state index is 0.0581. The number of hydrogen-bond acceptors (Lipinski definition) is 6. The molecule has 1 heterocycles. The molecule has 25 heavy (non-hydrogen) atoms. The van der Waals surface area contributed by atoms with Crippen molar-refractivity contribution in [3.8, 4) is 0 Å². The van der Waals surface area contributed by atoms with Gasteiger partial charge in [-0.1, -0.05) is 12.8 Å². The van der Waals surface area contributed by atoms with E-state index in [2.05, 4.69) is 0 Å². The third kappa shape index (κ3) is 4.48. The lowest BCUT2D eigenvalue weighted by atomic mass is 10.1. The number of ether oxygens (including phenoxy) is 2. The molecule has 1 saturated carbocycles. The highest BCUT2D eigenvalue weighted by Crippen LogP contribution is 2.30. The van der Waals surface area contributed by atoms with Crippen molar-refractivity contribution >= 4 is 17.3 Å². The molecule has 0 unspecified atom stereocenters. The second-order valence-electron chi connectivity index (χ2n) is 6.58. The van der Waals surface area contributed by atoms with Crippen molar-refractivity contribution in [2.24, 2.45) is 0 Å². The van der Waals surface area contributed by atoms with Crippen molar-refractivity contribution in [1.29, 1.82) is 0 Å². The van der Waals surface area contributed by atoms with Gasteiger partial charge in [0.25, 0.3) is 5.69 Å². The Morgan fingerprint density at radius 2 is 1.84 bits per heavy atom. The molecule has 0 spiro atoms. The smallest absolute Gasteiger partial charge is 0.338 e. The lowest BCUT2D eigenvalue weighted by Gasteiger charge is -2.28. The van der Waals surface area contributed by atoms with Crippen LogP contribution in [0, 0.1) is 10.1 Å². The summed E-state index contributed by atoms with van der Waals surface area (Å²) in [5.41, 5.74) is 0.712. The van der Waals surface area contributed by atoms with Gasteiger partial charge in [-0.15, -0.1) is 0 Å². The summed E-state index contributed by atoms with van der Waals surface area (Å²) in [6.07, 6.45) is 6.15. The van der Waals surface area contributed by atoms with E-state index in [9.17, 15) is 14.9 Å². The number of morpholine rings is 1. The molecule has 2 aliphatic rings. The predicted molar refractivity (Wildman–Crippen MR) is 93.0 cm³/mol. The van der Waals surface area contributed by atoms with Crippen LogP contribution in [0.25, 0.3) is 0 Å². The lowest BCUT2D eigenvalue weighted by Crippen LogP contribution is -2.36. The van der Waals surface area contributed by atoms with Gasteiger partial charge < -0.3 is 14.4 Å². The van der Waals surface area contributed by atoms with Crippen LogP contribution in [0.5, 0.6) is 0 Å². The average molecular weight is 348 g/mol. The van der Waals surface area contributed by atoms with Crippen molar-refractivity contribution in [2.75, 3.05) is 31.2 Å². The van der Waals surface area contributed by atoms with Gasteiger partial charge in [0.05, 0.1) is 23.7 Å². The number of esters is 1. The van der Waals surface area contributed by atoms with E-state index in [0.29, 0.717) is 32.0 Å². The SMILES string of the molecule is O=C(OC1CCCCCC1)c1ccc(N2CCOCC2)c([N+](=O)[O-])c1. The number of rotatable bonds is 4. The molecule has 1 aromatic carbocycles. The number of anilines is 1. The van der Waals surface area contributed by atoms with E-state index in [1.165, 1.54) is 18.9 Å². The van der Waals surface area contributed by atoms with Crippen LogP contribution in [0.15, 0.2) is 18.2 Å². The number of carbonyl (C=O) groups excluding carboxylic acids is 1. The predicted octanol–water partition coefficient (Wildman–Crippen LogP) is 3.31. The second kappa shape index (κ2) is 8.29. The first kappa shape index (κ1) is 17.7. The summed E-state index contributed by atoms with van der Waals surface area (Å²) in [4.78, 5) is 25.4. The van der Waals surface area contributed by atoms with Crippen LogP contribution in [0.2, 0.25) is 0 Å². The minimum Gasteiger partial charge on any atom is -0.459 e. The molecule has 3 rings (SSSR count). The molecule has 1 aliphatic carbocycles. The topological polar surface area (TPSA) is 81.9 Å². The van der Waals surface area contributed by atoms with Gasteiger partial charge in [0.15, 0.2) is 0 Å². The Hall–Kier alpha value is -2.15. The molecule has 0 amide bonds. The molecule has 0 N–H and O–H groups in total. The summed E-state index contributed by atoms with van der Waals surface area (Å²) in [5.74, 6) is -0.469. The fourth-order valence-electron chi connectivity index (χ4n) is 3.45. The zero-order chi connectivity index (χ0) is 17.6. The number of hydrogen-bond donors (Lipinski definition) is 0. The van der Waals surface area contributed by atoms with E-state index in [-0.39, 0.29) is 17.4 Å². The monoisotopic (exact) mass is 348 g/mol. The summed E-state index contributed by atoms with van der Waals surface area (Å²) in [7, 11) is 0. The first-order valence-electron chi connectivity index (χ1n) is 8.97. The van der Waals surface area contributed by atoms with Crippen LogP contribution >= 0.6 is 0 Å². The Morgan fingerprint density at radius 3 is 2.48 bits per heavy atom. The average Bonchev–Trinajstić information content (AvgIpc) is 2.90. The molecule has 1 saturated heterocycles. The van der Waals surface area contributed by atoms with Crippen molar-refractivity contribution in [1.82, 2.24) is 0 Å². The molecule has 2 fully saturated rings. The quantitative estimate of drug-likeness (QED) is 0.359. The molecule has 0 radical (unpaired) electrons. The van der Waals surface area contributed by atoms with E-state index in [4.69, 9.17) is 9.47 Å². The Balaban J connectivity index is 1.76. The number of nitro benzene ring substituents is 1. The number of carbonyl (C=O) groups is 1. The first-order chi connectivity index (χ1) is 12.1. The van der Waals surface area contributed by atoms with E-state index < -0.39 is 10.9 Å². The molecule has 7 nitrogen and oxygen atoms in total. The molecular formula is C18H24N2O5. The van der Waals surface area contributed by atoms with Crippen LogP contribution in [-0.4, -0.2) is 43.3 Å². The zero-order valence-electron chi connectivity index (χ0n) is 14.3. The highest BCUT2D eigenvalue weighted by molar-refractivity contribution is 5.91. The van der Waals surface area contributed by atoms with E-state index in [1.54, 1.807) is 12.1 Å². The van der Waals surface area contributed by atoms with Crippen LogP contribution in [-0.2, 0) is 9.47 Å². The maximum atomic E-state index is 12.4. The Morgan fingerprint density at radius 1 is 1.16 bits per heavy atom. The van der Waals surface area contributed by atoms with Gasteiger partial charge in [0.2, 0.25) is 0 Å². The molecule has 7 heteroatoms. The molecular weight excluding hydrogens is 324 g/mol. The second-order valence-corrected chi connectivity index (χ2v) is 6.58. The molecule has 0 atom stereocenters. The van der Waals surface area contributed by atoms with Crippen molar-refractivity contribution in [2.45, 2.75) is 44.6 Å². The highest BCUT2D eigenvalue weighted by atomic mass is 16.6. The van der Waals surface area contributed by atoms with Gasteiger partial charge in [0.1, 0.15) is 11.8 Å². The number of benzene rings is 1. The largest absolute Gasteiger partial charge is 0.459 e. The van der Waals surface area contributed by atoms with E-state index in [0.717, 1.165) is 25.7 Å². The van der Waals surface area contributed by atoms with Gasteiger partial charge in [-0.25, -0.2) is 4.79 Å². The first-order valence-corrected chi connectivity index (χ1v) is 8.97. The molecule has 1 aliphatic heterocycles. The number of nitro groups is 1. The molecule has 1 aromatic rings. The fraction of sp³-hybridized carbons (Fsp3) is 0.611. The highest BCUT2D eigenvalue weighted by Gasteiger charge is 2.25. The molecule has 136 valence electrons. The zero-order valence-corrected chi connectivity index (χ0v) is 14.3. The van der Waals surface area contributed by atoms with Gasteiger partial charge in [-0.3, -0.25) is 10.1 Å². The summed E-state index contributed by atoms with van der Waals surface area (Å²) < 4.78 is 10.9. The lowest BCUT2D eigenvalue weighted by molar-refractivity contribution is -0.384. The van der Waals surface area contributed by atoms with Crippen LogP contribution in [0.4, 0.5) is 11.4 Å². The van der Waals surface area contributed by atoms with Crippen LogP contribution in [0.1, 0.15) is 48.9 Å². The van der Waals surface area contributed by atoms with Crippen LogP contribution < -0.4 is 4.90 Å². The standard InChI is InChI=1S/C18H24N2O5/c21-18(25-15-5-3-1-2-4-6-15)14-7-8-16(17(13-14)20(22)23)19-9-11-24-12-10-19/h7-8,13,15H,1-6,9-12H2. The van der Waals surface area contributed by atoms with Crippen molar-refractivity contribution < 1.29 is 19.2 Å². The van der Waals surface area contributed by atoms with E-state index in [1.807, 2.05) is 4.90 Å². The molecule has 0 bridgehead atoms. The Kier molecular flexibility index (Phi) is 5.86.